The Morgan fingerprint density at radius 2 is 1.95 bits per heavy atom. The minimum Gasteiger partial charge on any atom is -0.493 e. The molecule has 118 valence electrons. The molecule has 9 heteroatoms. The van der Waals surface area contributed by atoms with E-state index in [1.165, 1.54) is 11.3 Å². The predicted octanol–water partition coefficient (Wildman–Crippen LogP) is -2.08. The minimum absolute atomic E-state index is 0. The SMILES string of the molecule is O=S(=O)=O.[CH2-]CCN1CCCc2cc(ON)c(OC)cc21.[Na+]. The Hall–Kier alpha value is -0.800. The number of fused-ring (bicyclic) bond motifs is 1. The van der Waals surface area contributed by atoms with E-state index in [2.05, 4.69) is 11.8 Å². The molecule has 0 amide bonds. The van der Waals surface area contributed by atoms with Gasteiger partial charge in [0.15, 0.2) is 11.5 Å². The van der Waals surface area contributed by atoms with Crippen molar-refractivity contribution in [1.29, 1.82) is 0 Å². The van der Waals surface area contributed by atoms with Crippen molar-refractivity contribution in [2.24, 2.45) is 5.90 Å². The maximum Gasteiger partial charge on any atom is 1.00 e. The van der Waals surface area contributed by atoms with E-state index in [1.54, 1.807) is 7.11 Å². The summed E-state index contributed by atoms with van der Waals surface area (Å²) < 4.78 is 30.6. The Morgan fingerprint density at radius 1 is 1.32 bits per heavy atom. The molecule has 1 heterocycles. The summed E-state index contributed by atoms with van der Waals surface area (Å²) >= 11 is 0. The molecule has 22 heavy (non-hydrogen) atoms. The van der Waals surface area contributed by atoms with Crippen molar-refractivity contribution in [1.82, 2.24) is 0 Å². The number of hydrogen-bond donors (Lipinski definition) is 1. The van der Waals surface area contributed by atoms with Gasteiger partial charge in [0.05, 0.1) is 7.11 Å². The molecule has 0 bridgehead atoms. The summed E-state index contributed by atoms with van der Waals surface area (Å²) in [6.07, 6.45) is 3.11. The van der Waals surface area contributed by atoms with Crippen molar-refractivity contribution in [3.05, 3.63) is 24.6 Å². The monoisotopic (exact) mass is 338 g/mol. The predicted molar refractivity (Wildman–Crippen MR) is 78.0 cm³/mol. The van der Waals surface area contributed by atoms with Crippen LogP contribution in [0.2, 0.25) is 0 Å². The van der Waals surface area contributed by atoms with Crippen LogP contribution in [0.25, 0.3) is 0 Å². The molecule has 0 saturated carbocycles. The molecule has 1 aliphatic heterocycles. The number of anilines is 1. The fourth-order valence-corrected chi connectivity index (χ4v) is 2.34. The van der Waals surface area contributed by atoms with Gasteiger partial charge < -0.3 is 21.4 Å². The number of methoxy groups -OCH3 is 1. The van der Waals surface area contributed by atoms with E-state index < -0.39 is 10.6 Å². The summed E-state index contributed by atoms with van der Waals surface area (Å²) in [4.78, 5) is 7.18. The van der Waals surface area contributed by atoms with Crippen molar-refractivity contribution in [3.8, 4) is 11.5 Å². The molecule has 7 nitrogen and oxygen atoms in total. The van der Waals surface area contributed by atoms with Gasteiger partial charge in [-0.1, -0.05) is 0 Å². The van der Waals surface area contributed by atoms with Crippen LogP contribution >= 0.6 is 0 Å². The number of hydrogen-bond acceptors (Lipinski definition) is 7. The van der Waals surface area contributed by atoms with Crippen molar-refractivity contribution >= 4 is 16.3 Å². The van der Waals surface area contributed by atoms with Crippen LogP contribution in [0.4, 0.5) is 5.69 Å². The summed E-state index contributed by atoms with van der Waals surface area (Å²) in [6.45, 7) is 5.96. The fourth-order valence-electron chi connectivity index (χ4n) is 2.34. The maximum absolute atomic E-state index is 8.44. The van der Waals surface area contributed by atoms with E-state index in [0.29, 0.717) is 11.5 Å². The molecule has 1 aliphatic rings. The zero-order valence-corrected chi connectivity index (χ0v) is 15.7. The van der Waals surface area contributed by atoms with Crippen LogP contribution in [0.15, 0.2) is 12.1 Å². The number of rotatable bonds is 4. The van der Waals surface area contributed by atoms with E-state index in [4.69, 9.17) is 28.1 Å². The van der Waals surface area contributed by atoms with E-state index in [-0.39, 0.29) is 29.6 Å². The number of nitrogens with two attached hydrogens (primary N) is 1. The van der Waals surface area contributed by atoms with Crippen LogP contribution in [0.3, 0.4) is 0 Å². The van der Waals surface area contributed by atoms with Gasteiger partial charge in [0, 0.05) is 18.3 Å². The number of aryl methyl sites for hydroxylation is 1. The zero-order chi connectivity index (χ0) is 15.8. The minimum atomic E-state index is -3.11. The third-order valence-corrected chi connectivity index (χ3v) is 3.13. The van der Waals surface area contributed by atoms with Gasteiger partial charge in [-0.15, -0.1) is 12.6 Å². The average molecular weight is 338 g/mol. The molecule has 0 fully saturated rings. The summed E-state index contributed by atoms with van der Waals surface area (Å²) in [5, 5.41) is 0. The second kappa shape index (κ2) is 10.8. The van der Waals surface area contributed by atoms with Crippen molar-refractivity contribution < 1.29 is 51.8 Å². The van der Waals surface area contributed by atoms with Gasteiger partial charge >= 0.3 is 40.2 Å². The first-order chi connectivity index (χ1) is 10.0. The largest absolute Gasteiger partial charge is 1.00 e. The topological polar surface area (TPSA) is 98.9 Å². The van der Waals surface area contributed by atoms with Gasteiger partial charge in [0.25, 0.3) is 0 Å². The molecule has 1 aromatic rings. The molecule has 2 rings (SSSR count). The van der Waals surface area contributed by atoms with E-state index in [1.807, 2.05) is 12.1 Å². The summed E-state index contributed by atoms with van der Waals surface area (Å²) in [7, 11) is -1.49. The third kappa shape index (κ3) is 6.13. The molecule has 0 atom stereocenters. The summed E-state index contributed by atoms with van der Waals surface area (Å²) in [5.74, 6) is 6.53. The molecule has 0 unspecified atom stereocenters. The molecule has 0 saturated heterocycles. The molecule has 1 aromatic carbocycles. The van der Waals surface area contributed by atoms with Gasteiger partial charge in [0.2, 0.25) is 0 Å². The van der Waals surface area contributed by atoms with Crippen LogP contribution in [-0.4, -0.2) is 32.8 Å². The van der Waals surface area contributed by atoms with Gasteiger partial charge in [-0.3, -0.25) is 0 Å². The Bertz CT molecular complexity index is 573. The molecule has 0 aromatic heterocycles. The quantitative estimate of drug-likeness (QED) is 0.382. The number of ether oxygens (including phenoxy) is 1. The van der Waals surface area contributed by atoms with Gasteiger partial charge in [-0.2, -0.15) is 12.3 Å². The Morgan fingerprint density at radius 3 is 2.45 bits per heavy atom. The maximum atomic E-state index is 8.44. The molecule has 0 aliphatic carbocycles. The van der Waals surface area contributed by atoms with Gasteiger partial charge in [0.1, 0.15) is 0 Å². The van der Waals surface area contributed by atoms with Gasteiger partial charge in [-0.25, -0.2) is 0 Å². The first-order valence-electron chi connectivity index (χ1n) is 6.42. The van der Waals surface area contributed by atoms with E-state index in [9.17, 15) is 0 Å². The van der Waals surface area contributed by atoms with Crippen LogP contribution in [-0.2, 0) is 17.0 Å². The van der Waals surface area contributed by atoms with Crippen LogP contribution < -0.4 is 49.9 Å². The smallest absolute Gasteiger partial charge is 0.493 e. The van der Waals surface area contributed by atoms with Crippen molar-refractivity contribution in [2.75, 3.05) is 25.1 Å². The fraction of sp³-hybridized carbons (Fsp3) is 0.462. The van der Waals surface area contributed by atoms with Crippen LogP contribution in [0.5, 0.6) is 11.5 Å². The average Bonchev–Trinajstić information content (AvgIpc) is 2.46. The number of nitrogens with zero attached hydrogens (tertiary/aromatic N) is 1. The number of benzene rings is 1. The van der Waals surface area contributed by atoms with Crippen molar-refractivity contribution in [3.63, 3.8) is 0 Å². The Kier molecular flexibility index (Phi) is 10.5. The summed E-state index contributed by atoms with van der Waals surface area (Å²) in [6, 6.07) is 3.98. The molecule has 2 N–H and O–H groups in total. The van der Waals surface area contributed by atoms with Crippen LogP contribution in [0.1, 0.15) is 18.4 Å². The third-order valence-electron chi connectivity index (χ3n) is 3.13. The first kappa shape index (κ1) is 21.2. The normalized spacial score (nSPS) is 12.2. The molecular formula is C13H19N2NaO5S. The van der Waals surface area contributed by atoms with Gasteiger partial charge in [-0.05, 0) is 31.0 Å². The molecule has 0 radical (unpaired) electrons. The van der Waals surface area contributed by atoms with Crippen molar-refractivity contribution in [2.45, 2.75) is 19.3 Å². The zero-order valence-electron chi connectivity index (χ0n) is 12.9. The van der Waals surface area contributed by atoms with Crippen LogP contribution in [0, 0.1) is 6.92 Å². The van der Waals surface area contributed by atoms with E-state index >= 15 is 0 Å². The standard InChI is InChI=1S/C13H19N2O2.Na.O3S/c1-3-6-15-7-4-5-10-8-13(17-14)12(16-2)9-11(10)15;;1-4(2)3/h8-9H,1,3-7,14H2,2H3;;/q-1;+1;. The second-order valence-corrected chi connectivity index (χ2v) is 4.81. The Labute approximate surface area is 154 Å². The summed E-state index contributed by atoms with van der Waals surface area (Å²) in [5.41, 5.74) is 2.49. The van der Waals surface area contributed by atoms with E-state index in [0.717, 1.165) is 32.4 Å². The second-order valence-electron chi connectivity index (χ2n) is 4.40. The Balaban J connectivity index is 0.000000791. The first-order valence-corrected chi connectivity index (χ1v) is 7.42. The molecular weight excluding hydrogens is 319 g/mol. The molecule has 0 spiro atoms.